The number of rotatable bonds is 8. The average molecular weight is 380 g/mol. The second kappa shape index (κ2) is 8.98. The summed E-state index contributed by atoms with van der Waals surface area (Å²) in [7, 11) is 0. The molecule has 0 saturated heterocycles. The molecule has 0 spiro atoms. The van der Waals surface area contributed by atoms with Gasteiger partial charge in [0.15, 0.2) is 0 Å². The highest BCUT2D eigenvalue weighted by Crippen LogP contribution is 2.10. The molecule has 8 nitrogen and oxygen atoms in total. The molecule has 2 N–H and O–H groups in total. The zero-order chi connectivity index (χ0) is 19.9. The van der Waals surface area contributed by atoms with Gasteiger partial charge in [-0.15, -0.1) is 0 Å². The van der Waals surface area contributed by atoms with Crippen molar-refractivity contribution >= 4 is 11.6 Å². The molecule has 0 aliphatic heterocycles. The minimum Gasteiger partial charge on any atom is -0.383 e. The van der Waals surface area contributed by atoms with E-state index in [0.717, 1.165) is 16.8 Å². The van der Waals surface area contributed by atoms with Gasteiger partial charge < -0.3 is 10.6 Å². The van der Waals surface area contributed by atoms with E-state index in [4.69, 9.17) is 0 Å². The number of nitrogens with one attached hydrogen (secondary N) is 2. The first kappa shape index (κ1) is 19.3. The second-order valence-corrected chi connectivity index (χ2v) is 6.53. The molecule has 0 atom stereocenters. The van der Waals surface area contributed by atoms with Gasteiger partial charge in [-0.25, -0.2) is 9.48 Å². The van der Waals surface area contributed by atoms with Crippen LogP contribution in [0.3, 0.4) is 0 Å². The maximum absolute atomic E-state index is 12.5. The van der Waals surface area contributed by atoms with Gasteiger partial charge in [0.05, 0.1) is 6.54 Å². The van der Waals surface area contributed by atoms with Crippen LogP contribution in [-0.4, -0.2) is 38.3 Å². The summed E-state index contributed by atoms with van der Waals surface area (Å²) in [6.45, 7) is 5.08. The van der Waals surface area contributed by atoms with Gasteiger partial charge in [0, 0.05) is 31.2 Å². The number of nitrogens with zero attached hydrogens (tertiary/aromatic N) is 4. The average Bonchev–Trinajstić information content (AvgIpc) is 2.95. The number of hydrogen-bond donors (Lipinski definition) is 2. The van der Waals surface area contributed by atoms with E-state index in [1.807, 2.05) is 43.3 Å². The quantitative estimate of drug-likeness (QED) is 0.575. The van der Waals surface area contributed by atoms with Crippen molar-refractivity contribution < 1.29 is 4.79 Å². The zero-order valence-corrected chi connectivity index (χ0v) is 16.1. The Balaban J connectivity index is 1.52. The molecule has 0 fully saturated rings. The van der Waals surface area contributed by atoms with Crippen LogP contribution >= 0.6 is 0 Å². The molecule has 0 unspecified atom stereocenters. The van der Waals surface area contributed by atoms with Crippen molar-refractivity contribution in [3.63, 3.8) is 0 Å². The molecule has 146 valence electrons. The molecule has 1 aromatic carbocycles. The summed E-state index contributed by atoms with van der Waals surface area (Å²) in [5.41, 5.74) is 2.74. The van der Waals surface area contributed by atoms with Crippen molar-refractivity contribution in [1.29, 1.82) is 0 Å². The molecule has 0 radical (unpaired) electrons. The summed E-state index contributed by atoms with van der Waals surface area (Å²) in [6, 6.07) is 11.6. The van der Waals surface area contributed by atoms with E-state index in [1.165, 1.54) is 4.68 Å². The van der Waals surface area contributed by atoms with Crippen LogP contribution in [-0.2, 0) is 17.9 Å². The van der Waals surface area contributed by atoms with Crippen LogP contribution in [0.25, 0.3) is 0 Å². The first-order valence-electron chi connectivity index (χ1n) is 9.14. The maximum atomic E-state index is 12.5. The maximum Gasteiger partial charge on any atom is 0.346 e. The van der Waals surface area contributed by atoms with Gasteiger partial charge in [-0.05, 0) is 31.0 Å². The van der Waals surface area contributed by atoms with Gasteiger partial charge in [-0.1, -0.05) is 30.3 Å². The van der Waals surface area contributed by atoms with E-state index in [0.29, 0.717) is 25.5 Å². The third-order valence-corrected chi connectivity index (χ3v) is 4.37. The molecule has 3 aromatic rings. The van der Waals surface area contributed by atoms with Crippen LogP contribution in [0, 0.1) is 13.8 Å². The van der Waals surface area contributed by atoms with Crippen molar-refractivity contribution in [3.8, 4) is 0 Å². The number of aryl methyl sites for hydroxylation is 2. The fraction of sp³-hybridized carbons (Fsp3) is 0.300. The molecule has 2 aromatic heterocycles. The zero-order valence-electron chi connectivity index (χ0n) is 16.1. The van der Waals surface area contributed by atoms with E-state index >= 15 is 0 Å². The lowest BCUT2D eigenvalue weighted by Gasteiger charge is -2.09. The van der Waals surface area contributed by atoms with Crippen LogP contribution < -0.4 is 16.3 Å². The topological polar surface area (TPSA) is 93.8 Å². The third-order valence-electron chi connectivity index (χ3n) is 4.37. The molecule has 28 heavy (non-hydrogen) atoms. The molecular weight excluding hydrogens is 356 g/mol. The Kier molecular flexibility index (Phi) is 6.21. The van der Waals surface area contributed by atoms with Crippen LogP contribution in [0.2, 0.25) is 0 Å². The highest BCUT2D eigenvalue weighted by Gasteiger charge is 2.13. The Labute approximate surface area is 163 Å². The number of anilines is 1. The standard InChI is InChI=1S/C20H24N6O2/c1-15-12-21-9-8-18(15)22-10-11-23-19(27)14-26-20(28)25(16(2)24-26)13-17-6-4-3-5-7-17/h3-9,12H,10-11,13-14H2,1-2H3,(H,21,22)(H,23,27). The summed E-state index contributed by atoms with van der Waals surface area (Å²) in [5, 5.41) is 10.3. The van der Waals surface area contributed by atoms with Crippen LogP contribution in [0.15, 0.2) is 53.6 Å². The molecular formula is C20H24N6O2. The normalized spacial score (nSPS) is 10.6. The number of pyridine rings is 1. The van der Waals surface area contributed by atoms with Crippen molar-refractivity contribution in [1.82, 2.24) is 24.6 Å². The minimum atomic E-state index is -0.290. The monoisotopic (exact) mass is 380 g/mol. The fourth-order valence-corrected chi connectivity index (χ4v) is 2.86. The van der Waals surface area contributed by atoms with Crippen LogP contribution in [0.1, 0.15) is 17.0 Å². The van der Waals surface area contributed by atoms with Crippen molar-refractivity contribution in [2.75, 3.05) is 18.4 Å². The SMILES string of the molecule is Cc1cnccc1NCCNC(=O)Cn1nc(C)n(Cc2ccccc2)c1=O. The Bertz CT molecular complexity index is 993. The number of aromatic nitrogens is 4. The Hall–Kier alpha value is -3.42. The first-order chi connectivity index (χ1) is 13.5. The number of benzene rings is 1. The van der Waals surface area contributed by atoms with E-state index < -0.39 is 0 Å². The highest BCUT2D eigenvalue weighted by atomic mass is 16.2. The van der Waals surface area contributed by atoms with Gasteiger partial charge in [0.1, 0.15) is 12.4 Å². The Morgan fingerprint density at radius 3 is 2.64 bits per heavy atom. The number of carbonyl (C=O) groups is 1. The minimum absolute atomic E-state index is 0.101. The lowest BCUT2D eigenvalue weighted by atomic mass is 10.2. The van der Waals surface area contributed by atoms with Gasteiger partial charge in [-0.2, -0.15) is 5.10 Å². The summed E-state index contributed by atoms with van der Waals surface area (Å²) in [5.74, 6) is 0.330. The number of amides is 1. The lowest BCUT2D eigenvalue weighted by molar-refractivity contribution is -0.121. The molecule has 0 aliphatic carbocycles. The van der Waals surface area contributed by atoms with Crippen molar-refractivity contribution in [2.24, 2.45) is 0 Å². The summed E-state index contributed by atoms with van der Waals surface area (Å²) in [6.07, 6.45) is 3.50. The van der Waals surface area contributed by atoms with Gasteiger partial charge in [0.25, 0.3) is 0 Å². The Morgan fingerprint density at radius 1 is 1.11 bits per heavy atom. The summed E-state index contributed by atoms with van der Waals surface area (Å²) >= 11 is 0. The van der Waals surface area contributed by atoms with Crippen molar-refractivity contribution in [3.05, 3.63) is 76.2 Å². The third kappa shape index (κ3) is 4.85. The van der Waals surface area contributed by atoms with Gasteiger partial charge in [0.2, 0.25) is 5.91 Å². The first-order valence-corrected chi connectivity index (χ1v) is 9.14. The molecule has 0 saturated carbocycles. The largest absolute Gasteiger partial charge is 0.383 e. The molecule has 2 heterocycles. The molecule has 0 bridgehead atoms. The molecule has 3 rings (SSSR count). The number of hydrogen-bond acceptors (Lipinski definition) is 5. The van der Waals surface area contributed by atoms with E-state index in [9.17, 15) is 9.59 Å². The van der Waals surface area contributed by atoms with Crippen molar-refractivity contribution in [2.45, 2.75) is 26.9 Å². The van der Waals surface area contributed by atoms with E-state index in [-0.39, 0.29) is 18.1 Å². The predicted molar refractivity (Wildman–Crippen MR) is 107 cm³/mol. The molecule has 0 aliphatic rings. The summed E-state index contributed by atoms with van der Waals surface area (Å²) < 4.78 is 2.77. The lowest BCUT2D eigenvalue weighted by Crippen LogP contribution is -2.35. The summed E-state index contributed by atoms with van der Waals surface area (Å²) in [4.78, 5) is 28.8. The molecule has 1 amide bonds. The fourth-order valence-electron chi connectivity index (χ4n) is 2.86. The molecule has 8 heteroatoms. The Morgan fingerprint density at radius 2 is 1.89 bits per heavy atom. The van der Waals surface area contributed by atoms with Crippen LogP contribution in [0.4, 0.5) is 5.69 Å². The van der Waals surface area contributed by atoms with Gasteiger partial charge in [-0.3, -0.25) is 14.3 Å². The van der Waals surface area contributed by atoms with E-state index in [1.54, 1.807) is 23.9 Å². The highest BCUT2D eigenvalue weighted by molar-refractivity contribution is 5.75. The number of carbonyl (C=O) groups excluding carboxylic acids is 1. The predicted octanol–water partition coefficient (Wildman–Crippen LogP) is 1.33. The van der Waals surface area contributed by atoms with Crippen LogP contribution in [0.5, 0.6) is 0 Å². The second-order valence-electron chi connectivity index (χ2n) is 6.53. The van der Waals surface area contributed by atoms with Gasteiger partial charge >= 0.3 is 5.69 Å². The van der Waals surface area contributed by atoms with E-state index in [2.05, 4.69) is 20.7 Å². The smallest absolute Gasteiger partial charge is 0.346 e.